The Hall–Kier alpha value is -4.29. The van der Waals surface area contributed by atoms with Crippen LogP contribution in [0.5, 0.6) is 0 Å². The monoisotopic (exact) mass is 713 g/mol. The summed E-state index contributed by atoms with van der Waals surface area (Å²) in [5, 5.41) is 8.20. The van der Waals surface area contributed by atoms with Crippen molar-refractivity contribution in [3.8, 4) is 0 Å². The van der Waals surface area contributed by atoms with Gasteiger partial charge in [0.25, 0.3) is 0 Å². The fourth-order valence-corrected chi connectivity index (χ4v) is 5.74. The van der Waals surface area contributed by atoms with Crippen molar-refractivity contribution >= 4 is 47.1 Å². The third kappa shape index (κ3) is 14.5. The molecule has 5 N–H and O–H groups in total. The van der Waals surface area contributed by atoms with E-state index in [-0.39, 0.29) is 91.5 Å². The van der Waals surface area contributed by atoms with Crippen LogP contribution in [0.2, 0.25) is 0 Å². The number of carbonyl (C=O) groups excluding carboxylic acids is 7. The largest absolute Gasteiger partial charge is 0.460 e. The van der Waals surface area contributed by atoms with Crippen molar-refractivity contribution in [2.45, 2.75) is 119 Å². The predicted octanol–water partition coefficient (Wildman–Crippen LogP) is 4.86. The molecule has 0 saturated carbocycles. The van der Waals surface area contributed by atoms with E-state index < -0.39 is 23.4 Å². The molecule has 13 nitrogen and oxygen atoms in total. The molecule has 284 valence electrons. The van der Waals surface area contributed by atoms with Crippen LogP contribution in [0.1, 0.15) is 112 Å². The first-order valence-electron chi connectivity index (χ1n) is 18.0. The summed E-state index contributed by atoms with van der Waals surface area (Å²) in [6.07, 6.45) is 2.72. The standard InChI is InChI=1S/C38H59N5O8/c1-24(2)32(42-30(45)14-10-9-11-20-43-31(46)22-28(34(43)48)37(3,4)5)29(44)21-26(13-12-19-40-36(39)50)33(47)41-27-17-15-25(16-18-27)23-51-35(49)38(6,7)8/h15-18,24,26,28,32H,9-14,19-23H2,1-8H3,(H,41,47)(H,42,45)(H3,39,40,50). The van der Waals surface area contributed by atoms with E-state index in [0.717, 1.165) is 5.56 Å². The number of likely N-dealkylation sites (tertiary alicyclic amines) is 1. The summed E-state index contributed by atoms with van der Waals surface area (Å²) in [7, 11) is 0. The molecule has 3 unspecified atom stereocenters. The topological polar surface area (TPSA) is 194 Å². The Morgan fingerprint density at radius 3 is 2.14 bits per heavy atom. The fourth-order valence-electron chi connectivity index (χ4n) is 5.74. The maximum atomic E-state index is 13.6. The van der Waals surface area contributed by atoms with E-state index in [1.165, 1.54) is 4.90 Å². The highest BCUT2D eigenvalue weighted by atomic mass is 16.5. The van der Waals surface area contributed by atoms with Gasteiger partial charge in [0, 0.05) is 44.0 Å². The number of ether oxygens (including phenoxy) is 1. The molecule has 1 aliphatic heterocycles. The SMILES string of the molecule is CC(C)C(NC(=O)CCCCCN1C(=O)CC(C(C)(C)C)C1=O)C(=O)CC(CCCNC(N)=O)C(=O)Nc1ccc(COC(=O)C(C)(C)C)cc1. The lowest BCUT2D eigenvalue weighted by atomic mass is 9.80. The van der Waals surface area contributed by atoms with Crippen molar-refractivity contribution in [3.05, 3.63) is 29.8 Å². The number of benzene rings is 1. The van der Waals surface area contributed by atoms with Crippen molar-refractivity contribution in [1.29, 1.82) is 0 Å². The molecule has 1 aromatic carbocycles. The minimum Gasteiger partial charge on any atom is -0.460 e. The number of esters is 1. The second-order valence-corrected chi connectivity index (χ2v) is 15.9. The molecule has 1 saturated heterocycles. The van der Waals surface area contributed by atoms with Gasteiger partial charge in [-0.15, -0.1) is 0 Å². The highest BCUT2D eigenvalue weighted by Gasteiger charge is 2.44. The molecule has 0 bridgehead atoms. The van der Waals surface area contributed by atoms with Crippen LogP contribution in [-0.4, -0.2) is 65.4 Å². The molecule has 13 heteroatoms. The number of hydrogen-bond donors (Lipinski definition) is 4. The smallest absolute Gasteiger partial charge is 0.312 e. The number of nitrogens with zero attached hydrogens (tertiary/aromatic N) is 1. The van der Waals surface area contributed by atoms with E-state index in [9.17, 15) is 33.6 Å². The van der Waals surface area contributed by atoms with Gasteiger partial charge in [-0.1, -0.05) is 53.2 Å². The van der Waals surface area contributed by atoms with Crippen molar-refractivity contribution in [2.75, 3.05) is 18.4 Å². The summed E-state index contributed by atoms with van der Waals surface area (Å²) in [5.74, 6) is -2.85. The van der Waals surface area contributed by atoms with Crippen LogP contribution in [-0.2, 0) is 40.1 Å². The Bertz CT molecular complexity index is 1390. The van der Waals surface area contributed by atoms with E-state index in [0.29, 0.717) is 37.9 Å². The number of hydrogen-bond acceptors (Lipinski definition) is 8. The van der Waals surface area contributed by atoms with Gasteiger partial charge < -0.3 is 26.4 Å². The lowest BCUT2D eigenvalue weighted by Crippen LogP contribution is -2.45. The normalized spacial score (nSPS) is 16.1. The predicted molar refractivity (Wildman–Crippen MR) is 194 cm³/mol. The van der Waals surface area contributed by atoms with Crippen LogP contribution in [0.15, 0.2) is 24.3 Å². The molecule has 1 heterocycles. The summed E-state index contributed by atoms with van der Waals surface area (Å²) in [4.78, 5) is 89.6. The number of urea groups is 1. The number of imide groups is 1. The number of rotatable bonds is 19. The van der Waals surface area contributed by atoms with Crippen molar-refractivity contribution in [2.24, 2.45) is 34.3 Å². The number of ketones is 1. The van der Waals surface area contributed by atoms with Crippen molar-refractivity contribution in [3.63, 3.8) is 0 Å². The van der Waals surface area contributed by atoms with Gasteiger partial charge in [-0.25, -0.2) is 4.79 Å². The molecule has 2 rings (SSSR count). The minimum atomic E-state index is -0.805. The third-order valence-corrected chi connectivity index (χ3v) is 8.96. The maximum Gasteiger partial charge on any atom is 0.312 e. The van der Waals surface area contributed by atoms with Gasteiger partial charge in [-0.2, -0.15) is 0 Å². The van der Waals surface area contributed by atoms with Crippen LogP contribution >= 0.6 is 0 Å². The van der Waals surface area contributed by atoms with Gasteiger partial charge in [-0.3, -0.25) is 33.7 Å². The number of unbranched alkanes of at least 4 members (excludes halogenated alkanes) is 2. The maximum absolute atomic E-state index is 13.6. The quantitative estimate of drug-likeness (QED) is 0.0887. The molecule has 0 aromatic heterocycles. The zero-order chi connectivity index (χ0) is 38.5. The van der Waals surface area contributed by atoms with Crippen LogP contribution in [0, 0.1) is 28.6 Å². The summed E-state index contributed by atoms with van der Waals surface area (Å²) < 4.78 is 5.35. The van der Waals surface area contributed by atoms with Crippen molar-refractivity contribution in [1.82, 2.24) is 15.5 Å². The number of carbonyl (C=O) groups is 7. The Kier molecular flexibility index (Phi) is 16.3. The molecule has 0 aliphatic carbocycles. The molecule has 1 fully saturated rings. The van der Waals surface area contributed by atoms with Crippen LogP contribution in [0.3, 0.4) is 0 Å². The Balaban J connectivity index is 1.95. The highest BCUT2D eigenvalue weighted by molar-refractivity contribution is 6.04. The zero-order valence-corrected chi connectivity index (χ0v) is 31.7. The van der Waals surface area contributed by atoms with E-state index in [4.69, 9.17) is 10.5 Å². The van der Waals surface area contributed by atoms with Gasteiger partial charge >= 0.3 is 12.0 Å². The second kappa shape index (κ2) is 19.4. The molecule has 3 atom stereocenters. The first-order chi connectivity index (χ1) is 23.7. The molecule has 6 amide bonds. The molecule has 0 spiro atoms. The number of amides is 6. The lowest BCUT2D eigenvalue weighted by molar-refractivity contribution is -0.154. The van der Waals surface area contributed by atoms with Gasteiger partial charge in [0.2, 0.25) is 23.6 Å². The molecule has 1 aliphatic rings. The Morgan fingerprint density at radius 2 is 1.59 bits per heavy atom. The number of anilines is 1. The van der Waals surface area contributed by atoms with Gasteiger partial charge in [-0.05, 0) is 75.5 Å². The summed E-state index contributed by atoms with van der Waals surface area (Å²) >= 11 is 0. The first kappa shape index (κ1) is 42.9. The first-order valence-corrected chi connectivity index (χ1v) is 18.0. The molecular weight excluding hydrogens is 654 g/mol. The zero-order valence-electron chi connectivity index (χ0n) is 31.7. The number of nitrogens with two attached hydrogens (primary N) is 1. The number of nitrogens with one attached hydrogen (secondary N) is 3. The molecular formula is C38H59N5O8. The van der Waals surface area contributed by atoms with E-state index in [1.54, 1.807) is 45.0 Å². The lowest BCUT2D eigenvalue weighted by Gasteiger charge is -2.25. The summed E-state index contributed by atoms with van der Waals surface area (Å²) in [6.45, 7) is 15.5. The highest BCUT2D eigenvalue weighted by Crippen LogP contribution is 2.35. The van der Waals surface area contributed by atoms with Crippen LogP contribution in [0.4, 0.5) is 10.5 Å². The van der Waals surface area contributed by atoms with Gasteiger partial charge in [0.1, 0.15) is 6.61 Å². The summed E-state index contributed by atoms with van der Waals surface area (Å²) in [5.41, 5.74) is 5.51. The van der Waals surface area contributed by atoms with Crippen molar-refractivity contribution < 1.29 is 38.3 Å². The fraction of sp³-hybridized carbons (Fsp3) is 0.658. The van der Waals surface area contributed by atoms with E-state index >= 15 is 0 Å². The third-order valence-electron chi connectivity index (χ3n) is 8.96. The van der Waals surface area contributed by atoms with E-state index in [2.05, 4.69) is 16.0 Å². The van der Waals surface area contributed by atoms with Gasteiger partial charge in [0.05, 0.1) is 17.4 Å². The number of Topliss-reactive ketones (excluding diaryl/α,β-unsaturated/α-hetero) is 1. The average Bonchev–Trinajstić information content (AvgIpc) is 3.32. The Morgan fingerprint density at radius 1 is 0.941 bits per heavy atom. The second-order valence-electron chi connectivity index (χ2n) is 15.9. The number of primary amides is 1. The minimum absolute atomic E-state index is 0.0926. The van der Waals surface area contributed by atoms with Crippen LogP contribution in [0.25, 0.3) is 0 Å². The summed E-state index contributed by atoms with van der Waals surface area (Å²) in [6, 6.07) is 5.36. The average molecular weight is 714 g/mol. The van der Waals surface area contributed by atoms with E-state index in [1.807, 2.05) is 34.6 Å². The Labute approximate surface area is 302 Å². The van der Waals surface area contributed by atoms with Gasteiger partial charge in [0.15, 0.2) is 5.78 Å². The molecule has 1 aromatic rings. The molecule has 51 heavy (non-hydrogen) atoms. The van der Waals surface area contributed by atoms with Crippen LogP contribution < -0.4 is 21.7 Å². The molecule has 0 radical (unpaired) electrons.